The van der Waals surface area contributed by atoms with Crippen molar-refractivity contribution in [3.8, 4) is 0 Å². The molecule has 0 saturated heterocycles. The van der Waals surface area contributed by atoms with Crippen LogP contribution >= 0.6 is 11.3 Å². The number of methoxy groups -OCH3 is 1. The second-order valence-corrected chi connectivity index (χ2v) is 3.74. The molecule has 1 aromatic carbocycles. The fourth-order valence-corrected chi connectivity index (χ4v) is 2.32. The Morgan fingerprint density at radius 3 is 3.00 bits per heavy atom. The van der Waals surface area contributed by atoms with Gasteiger partial charge in [-0.15, -0.1) is 11.3 Å². The van der Waals surface area contributed by atoms with E-state index in [2.05, 4.69) is 4.74 Å². The zero-order chi connectivity index (χ0) is 10.1. The van der Waals surface area contributed by atoms with E-state index in [0.717, 1.165) is 10.1 Å². The van der Waals surface area contributed by atoms with Crippen molar-refractivity contribution < 1.29 is 9.53 Å². The standard InChI is InChI=1S/C10H9NO2S/c1-13-10(12)7-5-14-9-6(7)3-2-4-8(9)11/h2-5H,11H2,1H3. The van der Waals surface area contributed by atoms with Crippen LogP contribution in [0.3, 0.4) is 0 Å². The predicted molar refractivity (Wildman–Crippen MR) is 57.6 cm³/mol. The monoisotopic (exact) mass is 207 g/mol. The van der Waals surface area contributed by atoms with Gasteiger partial charge in [-0.1, -0.05) is 12.1 Å². The Kier molecular flexibility index (Phi) is 2.13. The van der Waals surface area contributed by atoms with Crippen LogP contribution in [-0.4, -0.2) is 13.1 Å². The van der Waals surface area contributed by atoms with Crippen LogP contribution < -0.4 is 5.73 Å². The summed E-state index contributed by atoms with van der Waals surface area (Å²) in [7, 11) is 1.37. The molecule has 14 heavy (non-hydrogen) atoms. The van der Waals surface area contributed by atoms with Gasteiger partial charge in [0.05, 0.1) is 17.4 Å². The Hall–Kier alpha value is -1.55. The Labute approximate surface area is 85.1 Å². The summed E-state index contributed by atoms with van der Waals surface area (Å²) in [5, 5.41) is 2.63. The van der Waals surface area contributed by atoms with E-state index in [1.165, 1.54) is 18.4 Å². The van der Waals surface area contributed by atoms with Crippen molar-refractivity contribution in [1.82, 2.24) is 0 Å². The SMILES string of the molecule is COC(=O)c1csc2c(N)cccc12. The van der Waals surface area contributed by atoms with E-state index in [9.17, 15) is 4.79 Å². The number of ether oxygens (including phenoxy) is 1. The van der Waals surface area contributed by atoms with E-state index >= 15 is 0 Å². The first kappa shape index (κ1) is 9.02. The molecule has 2 aromatic rings. The van der Waals surface area contributed by atoms with Gasteiger partial charge in [0, 0.05) is 16.5 Å². The first-order valence-corrected chi connectivity index (χ1v) is 4.96. The van der Waals surface area contributed by atoms with Gasteiger partial charge in [-0.2, -0.15) is 0 Å². The quantitative estimate of drug-likeness (QED) is 0.576. The molecule has 1 aromatic heterocycles. The molecule has 0 aliphatic carbocycles. The van der Waals surface area contributed by atoms with Gasteiger partial charge in [0.25, 0.3) is 0 Å². The van der Waals surface area contributed by atoms with Crippen LogP contribution in [0.15, 0.2) is 23.6 Å². The highest BCUT2D eigenvalue weighted by Crippen LogP contribution is 2.30. The summed E-state index contributed by atoms with van der Waals surface area (Å²) >= 11 is 1.46. The van der Waals surface area contributed by atoms with E-state index in [1.54, 1.807) is 5.38 Å². The third kappa shape index (κ3) is 1.24. The van der Waals surface area contributed by atoms with Gasteiger partial charge >= 0.3 is 5.97 Å². The second kappa shape index (κ2) is 3.31. The minimum absolute atomic E-state index is 0.318. The van der Waals surface area contributed by atoms with E-state index in [1.807, 2.05) is 18.2 Å². The number of nitrogens with two attached hydrogens (primary N) is 1. The Morgan fingerprint density at radius 2 is 2.29 bits per heavy atom. The summed E-state index contributed by atoms with van der Waals surface area (Å²) in [6, 6.07) is 5.52. The molecule has 0 atom stereocenters. The molecule has 0 bridgehead atoms. The summed E-state index contributed by atoms with van der Waals surface area (Å²) in [6.07, 6.45) is 0. The van der Waals surface area contributed by atoms with E-state index in [4.69, 9.17) is 5.73 Å². The van der Waals surface area contributed by atoms with Crippen LogP contribution in [-0.2, 0) is 4.74 Å². The number of thiophene rings is 1. The molecule has 2 rings (SSSR count). The van der Waals surface area contributed by atoms with Crippen LogP contribution in [0.2, 0.25) is 0 Å². The molecule has 0 fully saturated rings. The number of fused-ring (bicyclic) bond motifs is 1. The summed E-state index contributed by atoms with van der Waals surface area (Å²) in [6.45, 7) is 0. The lowest BCUT2D eigenvalue weighted by Gasteiger charge is -1.97. The molecule has 2 N–H and O–H groups in total. The normalized spacial score (nSPS) is 10.4. The van der Waals surface area contributed by atoms with E-state index < -0.39 is 0 Å². The Balaban J connectivity index is 2.70. The largest absolute Gasteiger partial charge is 0.465 e. The maximum absolute atomic E-state index is 11.3. The van der Waals surface area contributed by atoms with E-state index in [-0.39, 0.29) is 5.97 Å². The Morgan fingerprint density at radius 1 is 1.50 bits per heavy atom. The molecule has 3 nitrogen and oxygen atoms in total. The smallest absolute Gasteiger partial charge is 0.339 e. The molecule has 72 valence electrons. The fraction of sp³-hybridized carbons (Fsp3) is 0.100. The van der Waals surface area contributed by atoms with Gasteiger partial charge in [0.2, 0.25) is 0 Å². The molecular weight excluding hydrogens is 198 g/mol. The molecule has 1 heterocycles. The lowest BCUT2D eigenvalue weighted by molar-refractivity contribution is 0.0603. The van der Waals surface area contributed by atoms with Crippen molar-refractivity contribution in [2.75, 3.05) is 12.8 Å². The maximum atomic E-state index is 11.3. The van der Waals surface area contributed by atoms with Gasteiger partial charge in [-0.25, -0.2) is 4.79 Å². The number of hydrogen-bond acceptors (Lipinski definition) is 4. The van der Waals surface area contributed by atoms with Crippen molar-refractivity contribution in [2.45, 2.75) is 0 Å². The summed E-state index contributed by atoms with van der Waals surface area (Å²) < 4.78 is 5.61. The lowest BCUT2D eigenvalue weighted by Crippen LogP contribution is -1.99. The number of carbonyl (C=O) groups excluding carboxylic acids is 1. The van der Waals surface area contributed by atoms with Crippen molar-refractivity contribution >= 4 is 33.1 Å². The topological polar surface area (TPSA) is 52.3 Å². The van der Waals surface area contributed by atoms with Crippen molar-refractivity contribution in [3.05, 3.63) is 29.1 Å². The van der Waals surface area contributed by atoms with Gasteiger partial charge < -0.3 is 10.5 Å². The summed E-state index contributed by atoms with van der Waals surface area (Å²) in [4.78, 5) is 11.3. The molecule has 0 aliphatic rings. The van der Waals surface area contributed by atoms with Crippen LogP contribution in [0, 0.1) is 0 Å². The van der Waals surface area contributed by atoms with Crippen LogP contribution in [0.25, 0.3) is 10.1 Å². The number of carbonyl (C=O) groups is 1. The molecule has 0 amide bonds. The van der Waals surface area contributed by atoms with E-state index in [0.29, 0.717) is 11.3 Å². The van der Waals surface area contributed by atoms with Gasteiger partial charge in [-0.3, -0.25) is 0 Å². The van der Waals surface area contributed by atoms with Gasteiger partial charge in [0.1, 0.15) is 0 Å². The predicted octanol–water partition coefficient (Wildman–Crippen LogP) is 2.27. The average Bonchev–Trinajstić information content (AvgIpc) is 2.62. The molecule has 0 unspecified atom stereocenters. The summed E-state index contributed by atoms with van der Waals surface area (Å²) in [5.74, 6) is -0.318. The molecule has 4 heteroatoms. The minimum Gasteiger partial charge on any atom is -0.465 e. The highest BCUT2D eigenvalue weighted by atomic mass is 32.1. The number of anilines is 1. The lowest BCUT2D eigenvalue weighted by atomic mass is 10.1. The van der Waals surface area contributed by atoms with Crippen molar-refractivity contribution in [3.63, 3.8) is 0 Å². The van der Waals surface area contributed by atoms with Crippen molar-refractivity contribution in [2.24, 2.45) is 0 Å². The number of hydrogen-bond donors (Lipinski definition) is 1. The first-order chi connectivity index (χ1) is 6.74. The highest BCUT2D eigenvalue weighted by Gasteiger charge is 2.12. The maximum Gasteiger partial charge on any atom is 0.339 e. The highest BCUT2D eigenvalue weighted by molar-refractivity contribution is 7.18. The van der Waals surface area contributed by atoms with Crippen LogP contribution in [0.4, 0.5) is 5.69 Å². The molecule has 0 radical (unpaired) electrons. The first-order valence-electron chi connectivity index (χ1n) is 4.08. The fourth-order valence-electron chi connectivity index (χ4n) is 1.35. The van der Waals surface area contributed by atoms with Crippen LogP contribution in [0.1, 0.15) is 10.4 Å². The average molecular weight is 207 g/mol. The van der Waals surface area contributed by atoms with Gasteiger partial charge in [-0.05, 0) is 6.07 Å². The zero-order valence-electron chi connectivity index (χ0n) is 7.61. The summed E-state index contributed by atoms with van der Waals surface area (Å²) in [5.41, 5.74) is 7.05. The zero-order valence-corrected chi connectivity index (χ0v) is 8.43. The third-order valence-corrected chi connectivity index (χ3v) is 3.08. The number of esters is 1. The molecule has 0 saturated carbocycles. The molecule has 0 aliphatic heterocycles. The van der Waals surface area contributed by atoms with Gasteiger partial charge in [0.15, 0.2) is 0 Å². The number of nitrogen functional groups attached to an aromatic ring is 1. The molecule has 0 spiro atoms. The molecular formula is C10H9NO2S. The number of rotatable bonds is 1. The third-order valence-electron chi connectivity index (χ3n) is 2.04. The number of benzene rings is 1. The van der Waals surface area contributed by atoms with Crippen LogP contribution in [0.5, 0.6) is 0 Å². The second-order valence-electron chi connectivity index (χ2n) is 2.86. The minimum atomic E-state index is -0.318. The van der Waals surface area contributed by atoms with Crippen molar-refractivity contribution in [1.29, 1.82) is 0 Å². The Bertz CT molecular complexity index is 490.